The molecule has 0 amide bonds. The van der Waals surface area contributed by atoms with Crippen LogP contribution in [0.25, 0.3) is 0 Å². The van der Waals surface area contributed by atoms with Crippen LogP contribution < -0.4 is 5.56 Å². The molecule has 0 aliphatic heterocycles. The molecule has 1 heterocycles. The van der Waals surface area contributed by atoms with E-state index in [1.807, 2.05) is 0 Å². The summed E-state index contributed by atoms with van der Waals surface area (Å²) in [6.45, 7) is 0. The quantitative estimate of drug-likeness (QED) is 0.785. The van der Waals surface area contributed by atoms with Crippen molar-refractivity contribution in [3.8, 4) is 0 Å². The van der Waals surface area contributed by atoms with Crippen LogP contribution in [-0.2, 0) is 11.2 Å². The topological polar surface area (TPSA) is 83.0 Å². The number of carbonyl (C=O) groups is 1. The summed E-state index contributed by atoms with van der Waals surface area (Å²) in [5.41, 5.74) is 0.0123. The number of benzene rings is 1. The van der Waals surface area contributed by atoms with Gasteiger partial charge in [0.15, 0.2) is 0 Å². The average Bonchev–Trinajstić information content (AvgIpc) is 2.41. The Morgan fingerprint density at radius 2 is 2.15 bits per heavy atom. The van der Waals surface area contributed by atoms with Gasteiger partial charge in [-0.15, -0.1) is 0 Å². The van der Waals surface area contributed by atoms with Gasteiger partial charge in [-0.3, -0.25) is 9.59 Å². The smallest absolute Gasteiger partial charge is 0.312 e. The van der Waals surface area contributed by atoms with E-state index in [-0.39, 0.29) is 21.2 Å². The number of rotatable bonds is 4. The molecule has 2 N–H and O–H groups in total. The molecule has 0 saturated heterocycles. The molecule has 1 aromatic heterocycles. The van der Waals surface area contributed by atoms with Gasteiger partial charge < -0.3 is 10.1 Å². The highest BCUT2D eigenvalue weighted by molar-refractivity contribution is 14.1. The number of aromatic amines is 1. The van der Waals surface area contributed by atoms with E-state index in [0.717, 1.165) is 6.33 Å². The highest BCUT2D eigenvalue weighted by atomic mass is 127. The number of hydrogen-bond donors (Lipinski definition) is 2. The molecule has 0 radical (unpaired) electrons. The van der Waals surface area contributed by atoms with Crippen LogP contribution in [-0.4, -0.2) is 21.0 Å². The Bertz CT molecular complexity index is 702. The lowest BCUT2D eigenvalue weighted by Gasteiger charge is -2.13. The number of nitrogens with zero attached hydrogens (tertiary/aromatic N) is 1. The van der Waals surface area contributed by atoms with Crippen LogP contribution in [0.3, 0.4) is 0 Å². The first-order valence-corrected chi connectivity index (χ1v) is 6.78. The van der Waals surface area contributed by atoms with Gasteiger partial charge in [-0.2, -0.15) is 0 Å². The summed E-state index contributed by atoms with van der Waals surface area (Å²) in [6, 6.07) is 5.95. The molecule has 5 nitrogen and oxygen atoms in total. The fraction of sp³-hybridized carbons (Fsp3) is 0.154. The lowest BCUT2D eigenvalue weighted by molar-refractivity contribution is -0.138. The number of hydrogen-bond acceptors (Lipinski definition) is 3. The van der Waals surface area contributed by atoms with Gasteiger partial charge in [-0.25, -0.2) is 9.37 Å². The highest BCUT2D eigenvalue weighted by Crippen LogP contribution is 2.23. The van der Waals surface area contributed by atoms with Crippen LogP contribution in [0, 0.1) is 9.39 Å². The molecular weight excluding hydrogens is 378 g/mol. The summed E-state index contributed by atoms with van der Waals surface area (Å²) < 4.78 is 13.8. The van der Waals surface area contributed by atoms with Crippen LogP contribution in [0.5, 0.6) is 0 Å². The molecule has 0 aliphatic rings. The van der Waals surface area contributed by atoms with Crippen molar-refractivity contribution in [2.24, 2.45) is 0 Å². The second-order valence-corrected chi connectivity index (χ2v) is 5.20. The van der Waals surface area contributed by atoms with Gasteiger partial charge in [0.25, 0.3) is 5.56 Å². The Hall–Kier alpha value is -1.77. The maximum atomic E-state index is 13.6. The number of carboxylic acid groups (broad SMARTS) is 1. The molecule has 0 aliphatic carbocycles. The molecule has 0 bridgehead atoms. The first-order chi connectivity index (χ1) is 9.50. The third-order valence-electron chi connectivity index (χ3n) is 2.83. The second kappa shape index (κ2) is 6.12. The first-order valence-electron chi connectivity index (χ1n) is 5.70. The summed E-state index contributed by atoms with van der Waals surface area (Å²) in [6.07, 6.45) is 1.09. The predicted molar refractivity (Wildman–Crippen MR) is 78.1 cm³/mol. The third kappa shape index (κ3) is 3.03. The number of aliphatic carboxylic acids is 1. The van der Waals surface area contributed by atoms with E-state index in [1.54, 1.807) is 28.7 Å². The largest absolute Gasteiger partial charge is 0.481 e. The number of aromatic nitrogens is 2. The normalized spacial score (nSPS) is 12.1. The fourth-order valence-electron chi connectivity index (χ4n) is 1.82. The van der Waals surface area contributed by atoms with Crippen molar-refractivity contribution < 1.29 is 14.3 Å². The van der Waals surface area contributed by atoms with Crippen LogP contribution in [0.4, 0.5) is 4.39 Å². The van der Waals surface area contributed by atoms with Crippen LogP contribution in [0.15, 0.2) is 35.4 Å². The van der Waals surface area contributed by atoms with E-state index in [0.29, 0.717) is 0 Å². The zero-order chi connectivity index (χ0) is 14.7. The molecule has 7 heteroatoms. The Morgan fingerprint density at radius 3 is 2.80 bits per heavy atom. The van der Waals surface area contributed by atoms with Gasteiger partial charge in [0.2, 0.25) is 0 Å². The minimum atomic E-state index is -1.15. The van der Waals surface area contributed by atoms with Gasteiger partial charge in [-0.1, -0.05) is 18.2 Å². The van der Waals surface area contributed by atoms with Gasteiger partial charge in [0, 0.05) is 0 Å². The van der Waals surface area contributed by atoms with E-state index in [4.69, 9.17) is 0 Å². The Balaban J connectivity index is 2.43. The van der Waals surface area contributed by atoms with E-state index >= 15 is 0 Å². The van der Waals surface area contributed by atoms with Crippen molar-refractivity contribution in [1.82, 2.24) is 9.97 Å². The fourth-order valence-corrected chi connectivity index (χ4v) is 2.50. The molecular formula is C13H10FIN2O3. The van der Waals surface area contributed by atoms with Gasteiger partial charge >= 0.3 is 5.97 Å². The zero-order valence-electron chi connectivity index (χ0n) is 10.1. The standard InChI is InChI=1S/C13H10FIN2O3/c14-9-4-2-1-3-7(9)5-8(13(19)20)11-10(15)12(18)17-6-16-11/h1-4,6,8H,5H2,(H,19,20)(H,16,17,18). The molecule has 1 atom stereocenters. The van der Waals surface area contributed by atoms with Gasteiger partial charge in [0.05, 0.1) is 12.0 Å². The Labute approximate surface area is 127 Å². The molecule has 2 rings (SSSR count). The van der Waals surface area contributed by atoms with Crippen LogP contribution in [0.1, 0.15) is 17.2 Å². The molecule has 0 fully saturated rings. The van der Waals surface area contributed by atoms with Crippen molar-refractivity contribution >= 4 is 28.6 Å². The van der Waals surface area contributed by atoms with Crippen molar-refractivity contribution in [2.75, 3.05) is 0 Å². The molecule has 0 saturated carbocycles. The SMILES string of the molecule is O=C(O)C(Cc1ccccc1F)c1nc[nH]c(=O)c1I. The summed E-state index contributed by atoms with van der Waals surface area (Å²) in [7, 11) is 0. The average molecular weight is 388 g/mol. The Kier molecular flexibility index (Phi) is 4.48. The van der Waals surface area contributed by atoms with Crippen LogP contribution >= 0.6 is 22.6 Å². The first kappa shape index (κ1) is 14.6. The van der Waals surface area contributed by atoms with E-state index in [1.165, 1.54) is 18.2 Å². The molecule has 1 unspecified atom stereocenters. The summed E-state index contributed by atoms with van der Waals surface area (Å²) in [4.78, 5) is 29.2. The molecule has 20 heavy (non-hydrogen) atoms. The minimum Gasteiger partial charge on any atom is -0.481 e. The minimum absolute atomic E-state index is 0.0611. The maximum absolute atomic E-state index is 13.6. The molecule has 1 aromatic carbocycles. The number of H-pyrrole nitrogens is 1. The molecule has 2 aromatic rings. The molecule has 0 spiro atoms. The molecule has 104 valence electrons. The third-order valence-corrected chi connectivity index (χ3v) is 3.88. The Morgan fingerprint density at radius 1 is 1.45 bits per heavy atom. The number of carboxylic acids is 1. The van der Waals surface area contributed by atoms with Gasteiger partial charge in [0.1, 0.15) is 15.3 Å². The van der Waals surface area contributed by atoms with E-state index in [2.05, 4.69) is 9.97 Å². The predicted octanol–water partition coefficient (Wildman–Crippen LogP) is 1.92. The maximum Gasteiger partial charge on any atom is 0.312 e. The second-order valence-electron chi connectivity index (χ2n) is 4.12. The summed E-state index contributed by atoms with van der Waals surface area (Å²) in [5, 5.41) is 9.32. The highest BCUT2D eigenvalue weighted by Gasteiger charge is 2.26. The van der Waals surface area contributed by atoms with Gasteiger partial charge in [-0.05, 0) is 40.6 Å². The van der Waals surface area contributed by atoms with E-state index < -0.39 is 23.3 Å². The summed E-state index contributed by atoms with van der Waals surface area (Å²) >= 11 is 1.74. The zero-order valence-corrected chi connectivity index (χ0v) is 12.3. The number of halogens is 2. The number of nitrogens with one attached hydrogen (secondary N) is 1. The van der Waals surface area contributed by atoms with E-state index in [9.17, 15) is 19.1 Å². The lowest BCUT2D eigenvalue weighted by atomic mass is 9.96. The summed E-state index contributed by atoms with van der Waals surface area (Å²) in [5.74, 6) is -2.69. The van der Waals surface area contributed by atoms with Crippen molar-refractivity contribution in [1.29, 1.82) is 0 Å². The van der Waals surface area contributed by atoms with Crippen LogP contribution in [0.2, 0.25) is 0 Å². The lowest BCUT2D eigenvalue weighted by Crippen LogP contribution is -2.22. The monoisotopic (exact) mass is 388 g/mol. The van der Waals surface area contributed by atoms with Crippen molar-refractivity contribution in [3.05, 3.63) is 61.6 Å². The van der Waals surface area contributed by atoms with Crippen molar-refractivity contribution in [3.63, 3.8) is 0 Å². The van der Waals surface area contributed by atoms with Crippen molar-refractivity contribution in [2.45, 2.75) is 12.3 Å².